The van der Waals surface area contributed by atoms with Crippen LogP contribution in [0.2, 0.25) is 0 Å². The highest BCUT2D eigenvalue weighted by molar-refractivity contribution is 9.10. The Bertz CT molecular complexity index is 700. The highest BCUT2D eigenvalue weighted by atomic mass is 79.9. The maximum Gasteiger partial charge on any atom is 0.335 e. The molecule has 0 saturated carbocycles. The number of aromatic carboxylic acids is 1. The summed E-state index contributed by atoms with van der Waals surface area (Å²) in [6.07, 6.45) is 0.603. The lowest BCUT2D eigenvalue weighted by molar-refractivity contribution is -0.119. The van der Waals surface area contributed by atoms with E-state index >= 15 is 0 Å². The molecule has 22 heavy (non-hydrogen) atoms. The van der Waals surface area contributed by atoms with Crippen molar-refractivity contribution in [2.75, 3.05) is 5.32 Å². The van der Waals surface area contributed by atoms with E-state index in [2.05, 4.69) is 21.2 Å². The number of amides is 1. The summed E-state index contributed by atoms with van der Waals surface area (Å²) in [5, 5.41) is 11.7. The summed E-state index contributed by atoms with van der Waals surface area (Å²) >= 11 is 3.47. The summed E-state index contributed by atoms with van der Waals surface area (Å²) in [5.41, 5.74) is 1.70. The summed E-state index contributed by atoms with van der Waals surface area (Å²) in [5.74, 6) is -1.39. The molecule has 2 rings (SSSR count). The molecule has 2 aromatic carbocycles. The van der Waals surface area contributed by atoms with Gasteiger partial charge >= 0.3 is 5.97 Å². The first-order chi connectivity index (χ1) is 10.5. The molecule has 0 heterocycles. The van der Waals surface area contributed by atoms with Gasteiger partial charge in [-0.2, -0.15) is 0 Å². The molecule has 0 aliphatic heterocycles. The van der Waals surface area contributed by atoms with Gasteiger partial charge in [0.2, 0.25) is 5.91 Å². The van der Waals surface area contributed by atoms with E-state index in [0.29, 0.717) is 12.1 Å². The van der Waals surface area contributed by atoms with E-state index in [-0.39, 0.29) is 17.4 Å². The Balaban J connectivity index is 2.04. The van der Waals surface area contributed by atoms with Crippen molar-refractivity contribution in [2.24, 2.45) is 5.92 Å². The number of halogens is 1. The summed E-state index contributed by atoms with van der Waals surface area (Å²) in [7, 11) is 0. The summed E-state index contributed by atoms with van der Waals surface area (Å²) in [4.78, 5) is 23.2. The van der Waals surface area contributed by atoms with Gasteiger partial charge in [0, 0.05) is 16.1 Å². The van der Waals surface area contributed by atoms with E-state index in [4.69, 9.17) is 5.11 Å². The topological polar surface area (TPSA) is 66.4 Å². The van der Waals surface area contributed by atoms with Gasteiger partial charge in [-0.25, -0.2) is 4.79 Å². The number of nitrogens with one attached hydrogen (secondary N) is 1. The lowest BCUT2D eigenvalue weighted by atomic mass is 10.0. The van der Waals surface area contributed by atoms with Gasteiger partial charge in [0.15, 0.2) is 0 Å². The molecule has 1 unspecified atom stereocenters. The molecule has 0 aliphatic carbocycles. The Morgan fingerprint density at radius 1 is 1.18 bits per heavy atom. The molecule has 0 saturated heterocycles. The maximum atomic E-state index is 12.2. The number of carboxylic acids is 1. The Labute approximate surface area is 137 Å². The van der Waals surface area contributed by atoms with Crippen molar-refractivity contribution in [1.29, 1.82) is 0 Å². The van der Waals surface area contributed by atoms with E-state index in [0.717, 1.165) is 10.0 Å². The van der Waals surface area contributed by atoms with Crippen molar-refractivity contribution in [2.45, 2.75) is 13.3 Å². The van der Waals surface area contributed by atoms with E-state index in [1.54, 1.807) is 12.1 Å². The molecular weight excluding hydrogens is 346 g/mol. The zero-order valence-corrected chi connectivity index (χ0v) is 13.6. The lowest BCUT2D eigenvalue weighted by Gasteiger charge is -2.13. The van der Waals surface area contributed by atoms with Gasteiger partial charge in [-0.15, -0.1) is 0 Å². The van der Waals surface area contributed by atoms with Crippen LogP contribution in [0.4, 0.5) is 5.69 Å². The van der Waals surface area contributed by atoms with Crippen LogP contribution in [0.3, 0.4) is 0 Å². The predicted molar refractivity (Wildman–Crippen MR) is 89.0 cm³/mol. The van der Waals surface area contributed by atoms with E-state index < -0.39 is 5.97 Å². The first kappa shape index (κ1) is 16.2. The number of hydrogen-bond acceptors (Lipinski definition) is 2. The molecule has 5 heteroatoms. The number of hydrogen-bond donors (Lipinski definition) is 2. The molecule has 1 amide bonds. The average Bonchev–Trinajstić information content (AvgIpc) is 2.49. The van der Waals surface area contributed by atoms with Crippen LogP contribution in [0.15, 0.2) is 53.0 Å². The van der Waals surface area contributed by atoms with Crippen molar-refractivity contribution in [1.82, 2.24) is 0 Å². The summed E-state index contributed by atoms with van der Waals surface area (Å²) < 4.78 is 0.975. The van der Waals surface area contributed by atoms with Crippen molar-refractivity contribution < 1.29 is 14.7 Å². The summed E-state index contributed by atoms with van der Waals surface area (Å²) in [6.45, 7) is 1.84. The molecule has 0 fully saturated rings. The number of carboxylic acid groups (broad SMARTS) is 1. The van der Waals surface area contributed by atoms with Crippen LogP contribution < -0.4 is 5.32 Å². The van der Waals surface area contributed by atoms with E-state index in [1.165, 1.54) is 12.1 Å². The van der Waals surface area contributed by atoms with Gasteiger partial charge in [0.25, 0.3) is 0 Å². The number of rotatable bonds is 5. The highest BCUT2D eigenvalue weighted by Crippen LogP contribution is 2.20. The molecule has 0 bridgehead atoms. The minimum absolute atomic E-state index is 0.140. The third kappa shape index (κ3) is 4.18. The molecule has 0 radical (unpaired) electrons. The molecule has 0 aliphatic rings. The molecule has 114 valence electrons. The predicted octanol–water partition coefficient (Wildman–Crippen LogP) is 3.96. The first-order valence-electron chi connectivity index (χ1n) is 6.85. The van der Waals surface area contributed by atoms with Crippen molar-refractivity contribution in [3.63, 3.8) is 0 Å². The second-order valence-corrected chi connectivity index (χ2v) is 5.93. The Hall–Kier alpha value is -2.14. The van der Waals surface area contributed by atoms with Gasteiger partial charge in [-0.05, 0) is 36.2 Å². The second kappa shape index (κ2) is 7.22. The van der Waals surface area contributed by atoms with Crippen molar-refractivity contribution in [3.8, 4) is 0 Å². The zero-order chi connectivity index (χ0) is 16.1. The van der Waals surface area contributed by atoms with Gasteiger partial charge < -0.3 is 10.4 Å². The summed E-state index contributed by atoms with van der Waals surface area (Å²) in [6, 6.07) is 14.0. The van der Waals surface area contributed by atoms with Gasteiger partial charge in [0.05, 0.1) is 5.56 Å². The van der Waals surface area contributed by atoms with E-state index in [1.807, 2.05) is 31.2 Å². The third-order valence-corrected chi connectivity index (χ3v) is 4.08. The van der Waals surface area contributed by atoms with E-state index in [9.17, 15) is 9.59 Å². The molecule has 4 nitrogen and oxygen atoms in total. The fourth-order valence-electron chi connectivity index (χ4n) is 2.08. The number of carbonyl (C=O) groups is 2. The number of anilines is 1. The largest absolute Gasteiger partial charge is 0.478 e. The molecule has 2 aromatic rings. The van der Waals surface area contributed by atoms with Crippen LogP contribution in [0.1, 0.15) is 22.8 Å². The van der Waals surface area contributed by atoms with Crippen LogP contribution in [-0.2, 0) is 11.2 Å². The average molecular weight is 362 g/mol. The van der Waals surface area contributed by atoms with Gasteiger partial charge in [-0.3, -0.25) is 4.79 Å². The van der Waals surface area contributed by atoms with Crippen LogP contribution in [0, 0.1) is 5.92 Å². The minimum atomic E-state index is -1.02. The number of benzene rings is 2. The zero-order valence-electron chi connectivity index (χ0n) is 12.0. The highest BCUT2D eigenvalue weighted by Gasteiger charge is 2.15. The molecular formula is C17H16BrNO3. The number of carbonyl (C=O) groups excluding carboxylic acids is 1. The SMILES string of the molecule is CC(Cc1ccccc1Br)C(=O)Nc1cccc(C(=O)O)c1. The monoisotopic (exact) mass is 361 g/mol. The molecule has 0 aromatic heterocycles. The third-order valence-electron chi connectivity index (χ3n) is 3.31. The first-order valence-corrected chi connectivity index (χ1v) is 7.64. The standard InChI is InChI=1S/C17H16BrNO3/c1-11(9-12-5-2-3-8-15(12)18)16(20)19-14-7-4-6-13(10-14)17(21)22/h2-8,10-11H,9H2,1H3,(H,19,20)(H,21,22). The van der Waals surface area contributed by atoms with Crippen molar-refractivity contribution >= 4 is 33.5 Å². The van der Waals surface area contributed by atoms with Crippen LogP contribution >= 0.6 is 15.9 Å². The molecule has 2 N–H and O–H groups in total. The fourth-order valence-corrected chi connectivity index (χ4v) is 2.53. The normalized spacial score (nSPS) is 11.7. The maximum absolute atomic E-state index is 12.2. The molecule has 1 atom stereocenters. The lowest BCUT2D eigenvalue weighted by Crippen LogP contribution is -2.22. The van der Waals surface area contributed by atoms with Crippen LogP contribution in [0.25, 0.3) is 0 Å². The van der Waals surface area contributed by atoms with Gasteiger partial charge in [0.1, 0.15) is 0 Å². The van der Waals surface area contributed by atoms with Crippen LogP contribution in [0.5, 0.6) is 0 Å². The van der Waals surface area contributed by atoms with Crippen molar-refractivity contribution in [3.05, 3.63) is 64.1 Å². The minimum Gasteiger partial charge on any atom is -0.478 e. The second-order valence-electron chi connectivity index (χ2n) is 5.07. The molecule has 0 spiro atoms. The van der Waals surface area contributed by atoms with Gasteiger partial charge in [-0.1, -0.05) is 47.1 Å². The Kier molecular flexibility index (Phi) is 5.33. The fraction of sp³-hybridized carbons (Fsp3) is 0.176. The van der Waals surface area contributed by atoms with Crippen LogP contribution in [-0.4, -0.2) is 17.0 Å². The quantitative estimate of drug-likeness (QED) is 0.846. The Morgan fingerprint density at radius 3 is 2.59 bits per heavy atom. The Morgan fingerprint density at radius 2 is 1.91 bits per heavy atom. The smallest absolute Gasteiger partial charge is 0.335 e.